The van der Waals surface area contributed by atoms with E-state index in [0.717, 1.165) is 37.9 Å². The molecule has 1 saturated heterocycles. The summed E-state index contributed by atoms with van der Waals surface area (Å²) < 4.78 is 6.14. The standard InChI is InChI=1S/C21H28N2O2S/c1-26-20(24)23-14-21(12-5-2-6-13-21)15-25-19(23)22-18-11-7-9-16-8-3-4-10-17(16)18/h7,9,11H,2-6,8,10,12-15H2,1H3. The molecular weight excluding hydrogens is 344 g/mol. The number of benzene rings is 1. The smallest absolute Gasteiger partial charge is 0.300 e. The first-order valence-corrected chi connectivity index (χ1v) is 11.1. The van der Waals surface area contributed by atoms with Crippen molar-refractivity contribution in [2.75, 3.05) is 19.4 Å². The highest BCUT2D eigenvalue weighted by Crippen LogP contribution is 2.41. The number of hydrogen-bond acceptors (Lipinski definition) is 4. The minimum atomic E-state index is 0.0400. The molecule has 0 N–H and O–H groups in total. The minimum absolute atomic E-state index is 0.0400. The number of rotatable bonds is 1. The van der Waals surface area contributed by atoms with E-state index in [1.807, 2.05) is 6.26 Å². The molecule has 0 atom stereocenters. The molecule has 0 radical (unpaired) electrons. The Morgan fingerprint density at radius 1 is 1.15 bits per heavy atom. The Hall–Kier alpha value is -1.49. The summed E-state index contributed by atoms with van der Waals surface area (Å²) in [5.74, 6) is 0. The maximum Gasteiger partial charge on any atom is 0.300 e. The first kappa shape index (κ1) is 17.9. The van der Waals surface area contributed by atoms with Gasteiger partial charge in [-0.25, -0.2) is 0 Å². The number of aliphatic imine (C=N–C) groups is 1. The monoisotopic (exact) mass is 372 g/mol. The molecule has 2 fully saturated rings. The third-order valence-corrected chi connectivity index (χ3v) is 6.70. The minimum Gasteiger partial charge on any atom is -0.464 e. The number of amides is 1. The Morgan fingerprint density at radius 2 is 1.96 bits per heavy atom. The van der Waals surface area contributed by atoms with Gasteiger partial charge in [-0.1, -0.05) is 43.2 Å². The van der Waals surface area contributed by atoms with Crippen molar-refractivity contribution in [3.8, 4) is 0 Å². The van der Waals surface area contributed by atoms with Crippen LogP contribution >= 0.6 is 11.8 Å². The molecule has 4 nitrogen and oxygen atoms in total. The third kappa shape index (κ3) is 3.51. The summed E-state index contributed by atoms with van der Waals surface area (Å²) in [6.45, 7) is 1.44. The summed E-state index contributed by atoms with van der Waals surface area (Å²) in [6.07, 6.45) is 12.6. The second-order valence-corrected chi connectivity index (χ2v) is 8.68. The fourth-order valence-corrected chi connectivity index (χ4v) is 5.03. The topological polar surface area (TPSA) is 41.9 Å². The van der Waals surface area contributed by atoms with Crippen LogP contribution in [-0.4, -0.2) is 35.6 Å². The highest BCUT2D eigenvalue weighted by Gasteiger charge is 2.42. The van der Waals surface area contributed by atoms with Crippen molar-refractivity contribution in [3.05, 3.63) is 29.3 Å². The number of amidine groups is 1. The molecule has 3 aliphatic rings. The van der Waals surface area contributed by atoms with Crippen LogP contribution in [0.5, 0.6) is 0 Å². The van der Waals surface area contributed by atoms with Crippen LogP contribution in [0.3, 0.4) is 0 Å². The number of fused-ring (bicyclic) bond motifs is 1. The predicted octanol–water partition coefficient (Wildman–Crippen LogP) is 5.32. The van der Waals surface area contributed by atoms with E-state index in [4.69, 9.17) is 9.73 Å². The first-order valence-electron chi connectivity index (χ1n) is 9.89. The molecule has 4 rings (SSSR count). The van der Waals surface area contributed by atoms with Gasteiger partial charge in [0, 0.05) is 12.0 Å². The van der Waals surface area contributed by atoms with Crippen molar-refractivity contribution >= 4 is 28.7 Å². The molecule has 1 aromatic carbocycles. The molecule has 1 heterocycles. The Bertz CT molecular complexity index is 710. The van der Waals surface area contributed by atoms with Crippen LogP contribution in [0, 0.1) is 5.41 Å². The van der Waals surface area contributed by atoms with Crippen molar-refractivity contribution in [1.29, 1.82) is 0 Å². The lowest BCUT2D eigenvalue weighted by Crippen LogP contribution is -2.52. The van der Waals surface area contributed by atoms with Gasteiger partial charge in [0.05, 0.1) is 12.3 Å². The number of aryl methyl sites for hydroxylation is 1. The molecule has 0 unspecified atom stereocenters. The van der Waals surface area contributed by atoms with Crippen molar-refractivity contribution in [3.63, 3.8) is 0 Å². The molecule has 1 saturated carbocycles. The molecule has 1 amide bonds. The van der Waals surface area contributed by atoms with Gasteiger partial charge in [0.25, 0.3) is 11.3 Å². The van der Waals surface area contributed by atoms with Crippen LogP contribution in [0.25, 0.3) is 0 Å². The number of thioether (sulfide) groups is 1. The fraction of sp³-hybridized carbons (Fsp3) is 0.619. The highest BCUT2D eigenvalue weighted by atomic mass is 32.2. The summed E-state index contributed by atoms with van der Waals surface area (Å²) >= 11 is 1.25. The lowest BCUT2D eigenvalue weighted by Gasteiger charge is -2.44. The van der Waals surface area contributed by atoms with Gasteiger partial charge in [-0.3, -0.25) is 9.69 Å². The lowest BCUT2D eigenvalue weighted by atomic mass is 9.74. The van der Waals surface area contributed by atoms with E-state index >= 15 is 0 Å². The van der Waals surface area contributed by atoms with E-state index in [0.29, 0.717) is 12.6 Å². The SMILES string of the molecule is CSC(=O)N1CC2(CCCCC2)COC1=Nc1cccc2c1CCCC2. The number of ether oxygens (including phenoxy) is 1. The Labute approximate surface area is 160 Å². The van der Waals surface area contributed by atoms with Crippen molar-refractivity contribution in [1.82, 2.24) is 4.90 Å². The van der Waals surface area contributed by atoms with Gasteiger partial charge in [0.15, 0.2) is 0 Å². The van der Waals surface area contributed by atoms with E-state index in [1.165, 1.54) is 55.0 Å². The van der Waals surface area contributed by atoms with Crippen molar-refractivity contribution in [2.45, 2.75) is 57.8 Å². The third-order valence-electron chi connectivity index (χ3n) is 6.13. The van der Waals surface area contributed by atoms with Gasteiger partial charge in [0.1, 0.15) is 0 Å². The van der Waals surface area contributed by atoms with Gasteiger partial charge >= 0.3 is 0 Å². The second-order valence-electron chi connectivity index (χ2n) is 7.92. The average Bonchev–Trinajstić information content (AvgIpc) is 2.70. The Balaban J connectivity index is 1.64. The Morgan fingerprint density at radius 3 is 2.77 bits per heavy atom. The summed E-state index contributed by atoms with van der Waals surface area (Å²) in [5, 5.41) is 0.0400. The van der Waals surface area contributed by atoms with Crippen LogP contribution in [-0.2, 0) is 17.6 Å². The molecule has 140 valence electrons. The molecule has 0 aromatic heterocycles. The molecule has 0 bridgehead atoms. The zero-order chi connectivity index (χ0) is 18.0. The van der Waals surface area contributed by atoms with Crippen LogP contribution < -0.4 is 0 Å². The van der Waals surface area contributed by atoms with Gasteiger partial charge in [-0.05, 0) is 62.0 Å². The quantitative estimate of drug-likeness (QED) is 0.670. The molecule has 1 aliphatic heterocycles. The van der Waals surface area contributed by atoms with Crippen LogP contribution in [0.1, 0.15) is 56.1 Å². The van der Waals surface area contributed by atoms with E-state index in [2.05, 4.69) is 18.2 Å². The summed E-state index contributed by atoms with van der Waals surface area (Å²) in [6, 6.07) is 6.85. The van der Waals surface area contributed by atoms with Gasteiger partial charge in [-0.15, -0.1) is 0 Å². The number of nitrogens with zero attached hydrogens (tertiary/aromatic N) is 2. The zero-order valence-electron chi connectivity index (χ0n) is 15.6. The molecule has 1 aromatic rings. The Kier molecular flexibility index (Phi) is 5.25. The summed E-state index contributed by atoms with van der Waals surface area (Å²) in [5.41, 5.74) is 3.85. The number of carbonyl (C=O) groups is 1. The fourth-order valence-electron chi connectivity index (χ4n) is 4.66. The zero-order valence-corrected chi connectivity index (χ0v) is 16.4. The maximum absolute atomic E-state index is 12.6. The van der Waals surface area contributed by atoms with Crippen molar-refractivity contribution < 1.29 is 9.53 Å². The number of carbonyl (C=O) groups excluding carboxylic acids is 1. The van der Waals surface area contributed by atoms with E-state index < -0.39 is 0 Å². The molecule has 26 heavy (non-hydrogen) atoms. The van der Waals surface area contributed by atoms with Crippen LogP contribution in [0.2, 0.25) is 0 Å². The van der Waals surface area contributed by atoms with E-state index in [-0.39, 0.29) is 10.7 Å². The molecule has 1 spiro atoms. The molecule has 5 heteroatoms. The van der Waals surface area contributed by atoms with Gasteiger partial charge < -0.3 is 4.74 Å². The van der Waals surface area contributed by atoms with Crippen LogP contribution in [0.4, 0.5) is 10.5 Å². The molecule has 2 aliphatic carbocycles. The lowest BCUT2D eigenvalue weighted by molar-refractivity contribution is 0.0282. The number of hydrogen-bond donors (Lipinski definition) is 0. The second kappa shape index (κ2) is 7.63. The van der Waals surface area contributed by atoms with E-state index in [9.17, 15) is 4.79 Å². The largest absolute Gasteiger partial charge is 0.464 e. The first-order chi connectivity index (χ1) is 12.7. The van der Waals surface area contributed by atoms with Gasteiger partial charge in [0.2, 0.25) is 0 Å². The normalized spacial score (nSPS) is 23.6. The highest BCUT2D eigenvalue weighted by molar-refractivity contribution is 8.12. The molecular formula is C21H28N2O2S. The predicted molar refractivity (Wildman–Crippen MR) is 107 cm³/mol. The summed E-state index contributed by atoms with van der Waals surface area (Å²) in [4.78, 5) is 19.2. The van der Waals surface area contributed by atoms with Crippen LogP contribution in [0.15, 0.2) is 23.2 Å². The van der Waals surface area contributed by atoms with Gasteiger partial charge in [-0.2, -0.15) is 4.99 Å². The average molecular weight is 373 g/mol. The van der Waals surface area contributed by atoms with Crippen molar-refractivity contribution in [2.24, 2.45) is 10.4 Å². The van der Waals surface area contributed by atoms with E-state index in [1.54, 1.807) is 4.90 Å². The summed E-state index contributed by atoms with van der Waals surface area (Å²) in [7, 11) is 0. The maximum atomic E-state index is 12.6.